The van der Waals surface area contributed by atoms with Gasteiger partial charge in [-0.3, -0.25) is 14.4 Å². The molecule has 1 atom stereocenters. The highest BCUT2D eigenvalue weighted by Gasteiger charge is 2.64. The summed E-state index contributed by atoms with van der Waals surface area (Å²) in [7, 11) is 0. The first-order valence-corrected chi connectivity index (χ1v) is 10.4. The normalized spacial score (nSPS) is 19.6. The lowest BCUT2D eigenvalue weighted by atomic mass is 9.84. The second-order valence-electron chi connectivity index (χ2n) is 7.95. The number of aryl methyl sites for hydroxylation is 1. The number of aliphatic hydroxyl groups excluding tert-OH is 1. The molecule has 1 spiro atoms. The third-order valence-corrected chi connectivity index (χ3v) is 6.25. The summed E-state index contributed by atoms with van der Waals surface area (Å²) < 4.78 is 5.96. The minimum atomic E-state index is -1.59. The smallest absolute Gasteiger partial charge is 0.291 e. The van der Waals surface area contributed by atoms with Crippen LogP contribution in [0.1, 0.15) is 40.6 Å². The molecule has 1 N–H and O–H groups in total. The van der Waals surface area contributed by atoms with Crippen molar-refractivity contribution in [2.75, 3.05) is 24.6 Å². The number of hydrogen-bond donors (Lipinski definition) is 1. The zero-order valence-corrected chi connectivity index (χ0v) is 17.3. The van der Waals surface area contributed by atoms with E-state index in [9.17, 15) is 19.5 Å². The molecule has 0 radical (unpaired) electrons. The predicted molar refractivity (Wildman–Crippen MR) is 115 cm³/mol. The van der Waals surface area contributed by atoms with Crippen LogP contribution in [-0.4, -0.2) is 41.5 Å². The average molecular weight is 418 g/mol. The Bertz CT molecular complexity index is 1310. The molecule has 1 aromatic heterocycles. The molecular weight excluding hydrogens is 396 g/mol. The van der Waals surface area contributed by atoms with Gasteiger partial charge in [0, 0.05) is 25.3 Å². The Labute approximate surface area is 178 Å². The summed E-state index contributed by atoms with van der Waals surface area (Å²) in [5.41, 5.74) is 0.561. The van der Waals surface area contributed by atoms with Gasteiger partial charge in [-0.1, -0.05) is 29.8 Å². The van der Waals surface area contributed by atoms with Crippen LogP contribution in [-0.2, 0) is 10.3 Å². The van der Waals surface area contributed by atoms with E-state index in [1.165, 1.54) is 4.90 Å². The van der Waals surface area contributed by atoms with Crippen molar-refractivity contribution in [3.8, 4) is 0 Å². The Balaban J connectivity index is 1.92. The fourth-order valence-corrected chi connectivity index (χ4v) is 4.95. The molecule has 2 amide bonds. The minimum absolute atomic E-state index is 0.0712. The van der Waals surface area contributed by atoms with Gasteiger partial charge in [-0.25, -0.2) is 0 Å². The summed E-state index contributed by atoms with van der Waals surface area (Å²) >= 11 is 0. The van der Waals surface area contributed by atoms with E-state index in [-0.39, 0.29) is 42.2 Å². The van der Waals surface area contributed by atoms with Crippen molar-refractivity contribution in [3.63, 3.8) is 0 Å². The SMILES string of the molecule is CCN1C(=O)[C@@]2(c3ccccc31)c1c(oc3ccc(C)cc3c1=O)C(=O)N2CCCO. The molecule has 3 aromatic rings. The lowest BCUT2D eigenvalue weighted by Gasteiger charge is -2.34. The van der Waals surface area contributed by atoms with Crippen molar-refractivity contribution < 1.29 is 19.1 Å². The molecule has 31 heavy (non-hydrogen) atoms. The Morgan fingerprint density at radius 3 is 2.61 bits per heavy atom. The van der Waals surface area contributed by atoms with Crippen molar-refractivity contribution in [2.45, 2.75) is 25.8 Å². The molecule has 2 aliphatic heterocycles. The van der Waals surface area contributed by atoms with Crippen molar-refractivity contribution in [1.29, 1.82) is 0 Å². The molecule has 2 aromatic carbocycles. The lowest BCUT2D eigenvalue weighted by molar-refractivity contribution is -0.126. The third-order valence-electron chi connectivity index (χ3n) is 6.25. The van der Waals surface area contributed by atoms with E-state index >= 15 is 0 Å². The van der Waals surface area contributed by atoms with Crippen molar-refractivity contribution in [2.24, 2.45) is 0 Å². The largest absolute Gasteiger partial charge is 0.450 e. The first-order chi connectivity index (χ1) is 15.0. The second kappa shape index (κ2) is 6.78. The summed E-state index contributed by atoms with van der Waals surface area (Å²) in [5.74, 6) is -0.954. The van der Waals surface area contributed by atoms with Gasteiger partial charge in [0.2, 0.25) is 5.76 Å². The first-order valence-electron chi connectivity index (χ1n) is 10.4. The van der Waals surface area contributed by atoms with Gasteiger partial charge in [-0.15, -0.1) is 0 Å². The number of likely N-dealkylation sites (N-methyl/N-ethyl adjacent to an activating group) is 1. The van der Waals surface area contributed by atoms with Crippen LogP contribution in [0.25, 0.3) is 11.0 Å². The van der Waals surface area contributed by atoms with E-state index in [2.05, 4.69) is 0 Å². The maximum atomic E-state index is 13.9. The molecule has 0 saturated carbocycles. The number of hydrogen-bond acceptors (Lipinski definition) is 5. The number of fused-ring (bicyclic) bond motifs is 5. The van der Waals surface area contributed by atoms with Gasteiger partial charge in [0.05, 0.1) is 16.6 Å². The van der Waals surface area contributed by atoms with Crippen LogP contribution in [0.4, 0.5) is 5.69 Å². The van der Waals surface area contributed by atoms with Gasteiger partial charge in [0.15, 0.2) is 11.0 Å². The van der Waals surface area contributed by atoms with Gasteiger partial charge >= 0.3 is 0 Å². The van der Waals surface area contributed by atoms with Crippen LogP contribution < -0.4 is 10.3 Å². The number of carbonyl (C=O) groups is 2. The summed E-state index contributed by atoms with van der Waals surface area (Å²) in [6.07, 6.45) is 0.274. The molecule has 0 saturated heterocycles. The monoisotopic (exact) mass is 418 g/mol. The van der Waals surface area contributed by atoms with Crippen LogP contribution in [0.15, 0.2) is 51.7 Å². The quantitative estimate of drug-likeness (QED) is 0.703. The molecule has 0 unspecified atom stereocenters. The number of benzene rings is 2. The topological polar surface area (TPSA) is 91.1 Å². The highest BCUT2D eigenvalue weighted by atomic mass is 16.3. The van der Waals surface area contributed by atoms with Crippen molar-refractivity contribution in [1.82, 2.24) is 4.90 Å². The molecular formula is C24H22N2O5. The van der Waals surface area contributed by atoms with E-state index in [1.54, 1.807) is 29.2 Å². The summed E-state index contributed by atoms with van der Waals surface area (Å²) in [5, 5.41) is 9.78. The Hall–Kier alpha value is -3.45. The number of amides is 2. The van der Waals surface area contributed by atoms with E-state index in [1.807, 2.05) is 32.0 Å². The van der Waals surface area contributed by atoms with Crippen molar-refractivity contribution >= 4 is 28.5 Å². The maximum Gasteiger partial charge on any atom is 0.291 e. The molecule has 0 fully saturated rings. The van der Waals surface area contributed by atoms with E-state index in [0.29, 0.717) is 28.8 Å². The molecule has 2 aliphatic rings. The third kappa shape index (κ3) is 2.35. The number of rotatable bonds is 4. The van der Waals surface area contributed by atoms with Gasteiger partial charge in [0.1, 0.15) is 5.58 Å². The molecule has 7 heteroatoms. The van der Waals surface area contributed by atoms with Crippen LogP contribution in [0.3, 0.4) is 0 Å². The van der Waals surface area contributed by atoms with Crippen LogP contribution >= 0.6 is 0 Å². The van der Waals surface area contributed by atoms with Gasteiger partial charge in [-0.2, -0.15) is 0 Å². The fraction of sp³-hybridized carbons (Fsp3) is 0.292. The molecule has 3 heterocycles. The predicted octanol–water partition coefficient (Wildman–Crippen LogP) is 2.55. The Morgan fingerprint density at radius 2 is 1.87 bits per heavy atom. The fourth-order valence-electron chi connectivity index (χ4n) is 4.95. The standard InChI is InChI=1S/C24H22N2O5/c1-3-25-17-8-5-4-7-16(17)24(23(25)30)19-20(28)15-13-14(2)9-10-18(15)31-21(19)22(29)26(24)11-6-12-27/h4-5,7-10,13,27H,3,6,11-12H2,1-2H3/t24-/m1/s1. The van der Waals surface area contributed by atoms with Gasteiger partial charge < -0.3 is 19.3 Å². The molecule has 0 aliphatic carbocycles. The van der Waals surface area contributed by atoms with E-state index in [0.717, 1.165) is 5.56 Å². The van der Waals surface area contributed by atoms with E-state index < -0.39 is 11.4 Å². The van der Waals surface area contributed by atoms with Crippen molar-refractivity contribution in [3.05, 3.63) is 75.1 Å². The highest BCUT2D eigenvalue weighted by molar-refractivity contribution is 6.17. The number of carbonyl (C=O) groups excluding carboxylic acids is 2. The van der Waals surface area contributed by atoms with Crippen LogP contribution in [0.2, 0.25) is 0 Å². The number of aliphatic hydroxyl groups is 1. The molecule has 158 valence electrons. The summed E-state index contributed by atoms with van der Waals surface area (Å²) in [4.78, 5) is 44.3. The zero-order valence-electron chi connectivity index (χ0n) is 17.3. The number of para-hydroxylation sites is 1. The number of anilines is 1. The Kier molecular flexibility index (Phi) is 4.27. The van der Waals surface area contributed by atoms with Crippen LogP contribution in [0, 0.1) is 6.92 Å². The minimum Gasteiger partial charge on any atom is -0.450 e. The Morgan fingerprint density at radius 1 is 1.10 bits per heavy atom. The zero-order chi connectivity index (χ0) is 21.9. The molecule has 5 rings (SSSR count). The lowest BCUT2D eigenvalue weighted by Crippen LogP contribution is -2.53. The summed E-state index contributed by atoms with van der Waals surface area (Å²) in [6, 6.07) is 12.4. The average Bonchev–Trinajstić information content (AvgIpc) is 3.17. The first kappa shape index (κ1) is 19.5. The molecule has 7 nitrogen and oxygen atoms in total. The second-order valence-corrected chi connectivity index (χ2v) is 7.95. The van der Waals surface area contributed by atoms with Gasteiger partial charge in [0.25, 0.3) is 11.8 Å². The summed E-state index contributed by atoms with van der Waals surface area (Å²) in [6.45, 7) is 4.09. The number of nitrogens with zero attached hydrogens (tertiary/aromatic N) is 2. The maximum absolute atomic E-state index is 13.9. The molecule has 0 bridgehead atoms. The van der Waals surface area contributed by atoms with Crippen LogP contribution in [0.5, 0.6) is 0 Å². The van der Waals surface area contributed by atoms with Gasteiger partial charge in [-0.05, 0) is 38.5 Å². The van der Waals surface area contributed by atoms with E-state index in [4.69, 9.17) is 4.42 Å². The highest BCUT2D eigenvalue weighted by Crippen LogP contribution is 2.52.